The molecule has 7 N–H and O–H groups in total. The molecule has 4 aromatic rings. The fourth-order valence-corrected chi connectivity index (χ4v) is 6.12. The second-order valence-electron chi connectivity index (χ2n) is 14.1. The number of carbonyl (C=O) groups is 1. The van der Waals surface area contributed by atoms with Crippen molar-refractivity contribution in [1.29, 1.82) is 0 Å². The van der Waals surface area contributed by atoms with E-state index in [0.29, 0.717) is 30.1 Å². The molecular weight excluding hydrogens is 641 g/mol. The van der Waals surface area contributed by atoms with Crippen molar-refractivity contribution in [3.63, 3.8) is 0 Å². The van der Waals surface area contributed by atoms with Crippen LogP contribution in [-0.4, -0.2) is 60.2 Å². The van der Waals surface area contributed by atoms with Gasteiger partial charge in [-0.3, -0.25) is 14.4 Å². The Bertz CT molecular complexity index is 1880. The molecular formula is C36H52N8O4S. The van der Waals surface area contributed by atoms with Crippen LogP contribution in [-0.2, 0) is 32.0 Å². The third-order valence-corrected chi connectivity index (χ3v) is 9.53. The van der Waals surface area contributed by atoms with Gasteiger partial charge >= 0.3 is 5.69 Å². The van der Waals surface area contributed by atoms with Gasteiger partial charge in [-0.1, -0.05) is 65.8 Å². The van der Waals surface area contributed by atoms with Crippen molar-refractivity contribution in [2.24, 2.45) is 16.5 Å². The van der Waals surface area contributed by atoms with E-state index >= 15 is 0 Å². The van der Waals surface area contributed by atoms with E-state index in [1.807, 2.05) is 42.6 Å². The molecule has 12 nitrogen and oxygen atoms in total. The minimum absolute atomic E-state index is 0.00764. The van der Waals surface area contributed by atoms with Crippen molar-refractivity contribution in [2.45, 2.75) is 83.6 Å². The van der Waals surface area contributed by atoms with Gasteiger partial charge in [-0.15, -0.1) is 0 Å². The number of H-pyrrole nitrogens is 1. The number of hydrogen-bond acceptors (Lipinski definition) is 7. The quantitative estimate of drug-likeness (QED) is 0.0835. The highest BCUT2D eigenvalue weighted by Crippen LogP contribution is 2.25. The van der Waals surface area contributed by atoms with Gasteiger partial charge < -0.3 is 27.1 Å². The first-order valence-corrected chi connectivity index (χ1v) is 18.1. The van der Waals surface area contributed by atoms with Crippen LogP contribution in [0.3, 0.4) is 0 Å². The average Bonchev–Trinajstić information content (AvgIpc) is 3.44. The van der Waals surface area contributed by atoms with Gasteiger partial charge in [0.25, 0.3) is 0 Å². The van der Waals surface area contributed by atoms with E-state index in [4.69, 9.17) is 11.5 Å². The summed E-state index contributed by atoms with van der Waals surface area (Å²) < 4.78 is 25.8. The van der Waals surface area contributed by atoms with Crippen molar-refractivity contribution in [3.8, 4) is 5.69 Å². The van der Waals surface area contributed by atoms with Gasteiger partial charge in [0.1, 0.15) is 5.65 Å². The van der Waals surface area contributed by atoms with E-state index < -0.39 is 9.84 Å². The number of nitrogens with two attached hydrogens (primary N) is 2. The van der Waals surface area contributed by atoms with E-state index in [1.54, 1.807) is 16.7 Å². The van der Waals surface area contributed by atoms with Crippen LogP contribution in [0.25, 0.3) is 16.7 Å². The number of fused-ring (bicyclic) bond motifs is 1. The lowest BCUT2D eigenvalue weighted by atomic mass is 9.87. The highest BCUT2D eigenvalue weighted by atomic mass is 32.2. The van der Waals surface area contributed by atoms with Crippen LogP contribution in [0.2, 0.25) is 0 Å². The second-order valence-corrected chi connectivity index (χ2v) is 16.2. The number of aromatic amines is 1. The summed E-state index contributed by atoms with van der Waals surface area (Å²) >= 11 is 0. The number of hydrogen-bond donors (Lipinski definition) is 5. The van der Waals surface area contributed by atoms with E-state index in [9.17, 15) is 18.0 Å². The number of carbonyl (C=O) groups excluding carboxylic acids is 1. The fourth-order valence-electron chi connectivity index (χ4n) is 4.81. The van der Waals surface area contributed by atoms with Gasteiger partial charge in [-0.2, -0.15) is 4.98 Å². The fraction of sp³-hybridized carbons (Fsp3) is 0.444. The Hall–Kier alpha value is -4.49. The van der Waals surface area contributed by atoms with E-state index in [-0.39, 0.29) is 34.1 Å². The van der Waals surface area contributed by atoms with Crippen molar-refractivity contribution < 1.29 is 13.2 Å². The second kappa shape index (κ2) is 16.8. The lowest BCUT2D eigenvalue weighted by Crippen LogP contribution is -2.23. The Morgan fingerprint density at radius 2 is 1.59 bits per heavy atom. The highest BCUT2D eigenvalue weighted by Gasteiger charge is 2.19. The Balaban J connectivity index is 0.000000286. The highest BCUT2D eigenvalue weighted by molar-refractivity contribution is 7.91. The zero-order valence-electron chi connectivity index (χ0n) is 29.8. The molecule has 2 aromatic heterocycles. The van der Waals surface area contributed by atoms with Crippen molar-refractivity contribution in [1.82, 2.24) is 25.2 Å². The molecule has 0 aliphatic carbocycles. The molecule has 2 heterocycles. The van der Waals surface area contributed by atoms with Gasteiger partial charge in [0.15, 0.2) is 15.8 Å². The van der Waals surface area contributed by atoms with Gasteiger partial charge in [-0.25, -0.2) is 13.2 Å². The molecule has 2 aromatic carbocycles. The Morgan fingerprint density at radius 1 is 0.939 bits per heavy atom. The van der Waals surface area contributed by atoms with Crippen LogP contribution in [0.1, 0.15) is 78.1 Å². The summed E-state index contributed by atoms with van der Waals surface area (Å²) in [5.74, 6) is 0.0250. The van der Waals surface area contributed by atoms with Crippen LogP contribution in [0, 0.1) is 0 Å². The number of benzene rings is 2. The van der Waals surface area contributed by atoms with Crippen molar-refractivity contribution in [2.75, 3.05) is 25.4 Å². The monoisotopic (exact) mass is 692 g/mol. The minimum atomic E-state index is -3.27. The molecule has 0 aliphatic rings. The zero-order valence-corrected chi connectivity index (χ0v) is 30.6. The van der Waals surface area contributed by atoms with Gasteiger partial charge in [0, 0.05) is 49.2 Å². The lowest BCUT2D eigenvalue weighted by molar-refractivity contribution is -0.118. The number of rotatable bonds is 12. The van der Waals surface area contributed by atoms with Gasteiger partial charge in [-0.05, 0) is 66.3 Å². The third kappa shape index (κ3) is 12.2. The summed E-state index contributed by atoms with van der Waals surface area (Å²) in [4.78, 5) is 35.0. The van der Waals surface area contributed by atoms with E-state index in [0.717, 1.165) is 47.4 Å². The smallest absolute Gasteiger partial charge is 0.354 e. The number of guanidine groups is 1. The Kier molecular flexibility index (Phi) is 13.3. The lowest BCUT2D eigenvalue weighted by Gasteiger charge is -2.19. The molecule has 266 valence electrons. The van der Waals surface area contributed by atoms with E-state index in [2.05, 4.69) is 73.2 Å². The summed E-state index contributed by atoms with van der Waals surface area (Å²) in [6, 6.07) is 17.0. The predicted molar refractivity (Wildman–Crippen MR) is 198 cm³/mol. The molecule has 0 saturated heterocycles. The summed E-state index contributed by atoms with van der Waals surface area (Å²) in [5, 5.41) is 6.86. The summed E-state index contributed by atoms with van der Waals surface area (Å²) in [6.45, 7) is 16.6. The Labute approximate surface area is 289 Å². The molecule has 0 fully saturated rings. The molecule has 0 unspecified atom stereocenters. The topological polar surface area (TPSA) is 190 Å². The van der Waals surface area contributed by atoms with E-state index in [1.165, 1.54) is 6.92 Å². The molecule has 1 amide bonds. The van der Waals surface area contributed by atoms with Crippen LogP contribution in [0.5, 0.6) is 0 Å². The largest absolute Gasteiger partial charge is 0.370 e. The molecule has 0 spiro atoms. The first-order valence-electron chi connectivity index (χ1n) is 16.4. The molecule has 49 heavy (non-hydrogen) atoms. The number of sulfone groups is 1. The number of aliphatic imine (C=N–C) groups is 1. The van der Waals surface area contributed by atoms with Gasteiger partial charge in [0.05, 0.1) is 16.3 Å². The first kappa shape index (κ1) is 39.0. The average molecular weight is 693 g/mol. The van der Waals surface area contributed by atoms with Crippen LogP contribution in [0.15, 0.2) is 75.5 Å². The number of nitrogens with zero attached hydrogens (tertiary/aromatic N) is 3. The van der Waals surface area contributed by atoms with Crippen molar-refractivity contribution >= 4 is 32.7 Å². The number of aromatic nitrogens is 3. The molecule has 0 radical (unpaired) electrons. The molecule has 0 aliphatic heterocycles. The summed E-state index contributed by atoms with van der Waals surface area (Å²) in [6.07, 6.45) is 3.13. The Morgan fingerprint density at radius 3 is 2.16 bits per heavy atom. The third-order valence-electron chi connectivity index (χ3n) is 7.71. The zero-order chi connectivity index (χ0) is 36.4. The molecule has 4 rings (SSSR count). The minimum Gasteiger partial charge on any atom is -0.370 e. The first-order chi connectivity index (χ1) is 22.9. The number of nitrogens with one attached hydrogen (secondary N) is 3. The maximum absolute atomic E-state index is 12.5. The molecule has 0 saturated carbocycles. The number of amides is 1. The maximum atomic E-state index is 12.5. The molecule has 13 heteroatoms. The maximum Gasteiger partial charge on any atom is 0.354 e. The molecule has 0 bridgehead atoms. The van der Waals surface area contributed by atoms with Gasteiger partial charge in [0.2, 0.25) is 5.91 Å². The van der Waals surface area contributed by atoms with Crippen LogP contribution in [0.4, 0.5) is 0 Å². The predicted octanol–water partition coefficient (Wildman–Crippen LogP) is 4.05. The molecule has 0 atom stereocenters. The normalized spacial score (nSPS) is 11.9. The summed E-state index contributed by atoms with van der Waals surface area (Å²) in [5.41, 5.74) is 15.0. The summed E-state index contributed by atoms with van der Waals surface area (Å²) in [7, 11) is -3.27. The standard InChI is InChI=1S/C21H29N7O.C15H23NO3S/c1-21(2,3)17-11-15-13-28(20(29)27-18(15)26-17)16-7-5-14(6-8-16)12-24-9-4-10-25-19(22)23;1-12(17)16-10-5-11-20(18,19)14-8-6-13(7-9-14)15(2,3)4/h5-8,11,13,24H,4,9-10,12H2,1-3H3,(H4,22,23,25)(H,26,27,29);6-9H,5,10-11H2,1-4H3,(H,16,17). The van der Waals surface area contributed by atoms with Crippen LogP contribution < -0.4 is 27.8 Å². The van der Waals surface area contributed by atoms with Crippen LogP contribution >= 0.6 is 0 Å². The van der Waals surface area contributed by atoms with Crippen molar-refractivity contribution in [3.05, 3.63) is 88.1 Å². The SMILES string of the molecule is CC(=O)NCCCS(=O)(=O)c1ccc(C(C)(C)C)cc1.CC(C)(C)c1cc2cn(-c3ccc(CNCCCN=C(N)N)cc3)c(=O)nc2[nH]1.